The molecule has 6 heteroatoms. The van der Waals surface area contributed by atoms with Crippen LogP contribution in [0, 0.1) is 17.1 Å². The predicted molar refractivity (Wildman–Crippen MR) is 96.3 cm³/mol. The zero-order chi connectivity index (χ0) is 18.7. The van der Waals surface area contributed by atoms with Crippen molar-refractivity contribution in [2.45, 2.75) is 56.5 Å². The van der Waals surface area contributed by atoms with Gasteiger partial charge in [-0.25, -0.2) is 9.18 Å². The lowest BCUT2D eigenvalue weighted by Gasteiger charge is -2.39. The largest absolute Gasteiger partial charge is 0.465 e. The number of nitriles is 1. The number of benzene rings is 1. The highest BCUT2D eigenvalue weighted by Crippen LogP contribution is 2.41. The lowest BCUT2D eigenvalue weighted by Crippen LogP contribution is -2.44. The van der Waals surface area contributed by atoms with Gasteiger partial charge < -0.3 is 10.0 Å². The van der Waals surface area contributed by atoms with Gasteiger partial charge in [0, 0.05) is 31.7 Å². The summed E-state index contributed by atoms with van der Waals surface area (Å²) in [4.78, 5) is 15.3. The number of carbonyl (C=O) groups is 1. The highest BCUT2D eigenvalue weighted by molar-refractivity contribution is 5.65. The van der Waals surface area contributed by atoms with Crippen LogP contribution in [0.5, 0.6) is 0 Å². The van der Waals surface area contributed by atoms with Crippen LogP contribution in [0.3, 0.4) is 0 Å². The highest BCUT2D eigenvalue weighted by atomic mass is 19.1. The summed E-state index contributed by atoms with van der Waals surface area (Å²) in [7, 11) is 0. The Morgan fingerprint density at radius 1 is 1.42 bits per heavy atom. The second-order valence-corrected chi connectivity index (χ2v) is 7.44. The minimum Gasteiger partial charge on any atom is -0.465 e. The van der Waals surface area contributed by atoms with E-state index in [-0.39, 0.29) is 11.9 Å². The molecule has 1 saturated heterocycles. The molecular weight excluding hydrogens is 333 g/mol. The molecule has 2 aliphatic rings. The molecule has 0 radical (unpaired) electrons. The number of likely N-dealkylation sites (N-methyl/N-ethyl adjacent to an activating group) is 1. The van der Waals surface area contributed by atoms with Crippen molar-refractivity contribution in [2.75, 3.05) is 19.6 Å². The van der Waals surface area contributed by atoms with Gasteiger partial charge in [-0.1, -0.05) is 12.1 Å². The van der Waals surface area contributed by atoms with Gasteiger partial charge in [0.15, 0.2) is 0 Å². The van der Waals surface area contributed by atoms with Crippen LogP contribution in [0.1, 0.15) is 44.6 Å². The average molecular weight is 359 g/mol. The fraction of sp³-hybridized carbons (Fsp3) is 0.600. The Bertz CT molecular complexity index is 695. The molecule has 0 unspecified atom stereocenters. The van der Waals surface area contributed by atoms with Gasteiger partial charge in [0.05, 0.1) is 11.5 Å². The van der Waals surface area contributed by atoms with Gasteiger partial charge >= 0.3 is 6.09 Å². The minimum atomic E-state index is -0.849. The molecule has 1 aromatic carbocycles. The number of carboxylic acid groups (broad SMARTS) is 1. The third kappa shape index (κ3) is 3.54. The molecule has 3 rings (SSSR count). The molecule has 1 aliphatic carbocycles. The van der Waals surface area contributed by atoms with Crippen LogP contribution in [0.25, 0.3) is 0 Å². The van der Waals surface area contributed by atoms with E-state index in [2.05, 4.69) is 11.0 Å². The first-order valence-corrected chi connectivity index (χ1v) is 9.40. The van der Waals surface area contributed by atoms with Crippen molar-refractivity contribution in [1.82, 2.24) is 9.80 Å². The van der Waals surface area contributed by atoms with Crippen molar-refractivity contribution >= 4 is 6.09 Å². The Labute approximate surface area is 154 Å². The summed E-state index contributed by atoms with van der Waals surface area (Å²) in [5.41, 5.74) is 0.176. The Hall–Kier alpha value is -2.13. The zero-order valence-electron chi connectivity index (χ0n) is 15.2. The predicted octanol–water partition coefficient (Wildman–Crippen LogP) is 3.60. The van der Waals surface area contributed by atoms with Gasteiger partial charge in [0.1, 0.15) is 5.82 Å². The summed E-state index contributed by atoms with van der Waals surface area (Å²) >= 11 is 0. The van der Waals surface area contributed by atoms with E-state index in [9.17, 15) is 19.6 Å². The molecule has 1 heterocycles. The first-order valence-electron chi connectivity index (χ1n) is 9.40. The van der Waals surface area contributed by atoms with E-state index >= 15 is 0 Å². The van der Waals surface area contributed by atoms with Gasteiger partial charge in [-0.15, -0.1) is 0 Å². The van der Waals surface area contributed by atoms with Crippen LogP contribution in [-0.4, -0.2) is 52.7 Å². The number of amides is 1. The minimum absolute atomic E-state index is 0.0587. The first-order chi connectivity index (χ1) is 12.5. The van der Waals surface area contributed by atoms with E-state index in [4.69, 9.17) is 0 Å². The van der Waals surface area contributed by atoms with Crippen molar-refractivity contribution in [2.24, 2.45) is 0 Å². The molecule has 2 fully saturated rings. The summed E-state index contributed by atoms with van der Waals surface area (Å²) in [6.45, 7) is 4.05. The van der Waals surface area contributed by atoms with E-state index in [1.165, 1.54) is 17.0 Å². The number of halogens is 1. The number of likely N-dealkylation sites (tertiary alicyclic amines) is 1. The summed E-state index contributed by atoms with van der Waals surface area (Å²) in [5.74, 6) is -0.296. The highest BCUT2D eigenvalue weighted by Gasteiger charge is 2.41. The van der Waals surface area contributed by atoms with Crippen molar-refractivity contribution < 1.29 is 14.3 Å². The molecule has 1 N–H and O–H groups in total. The van der Waals surface area contributed by atoms with E-state index in [0.717, 1.165) is 50.8 Å². The first kappa shape index (κ1) is 18.7. The maximum Gasteiger partial charge on any atom is 0.407 e. The Balaban J connectivity index is 1.64. The zero-order valence-corrected chi connectivity index (χ0v) is 15.2. The summed E-state index contributed by atoms with van der Waals surface area (Å²) < 4.78 is 13.6. The van der Waals surface area contributed by atoms with Crippen molar-refractivity contribution in [3.05, 3.63) is 35.6 Å². The standard InChI is InChI=1S/C20H26FN3O2/c1-2-24(19(25)26)18-8-11-23(13-18)17-6-9-20(14-22,10-7-17)15-4-3-5-16(21)12-15/h3-5,12,17-18H,2,6-11,13H2,1H3,(H,25,26)/t17?,18-,20?/m0/s1. The summed E-state index contributed by atoms with van der Waals surface area (Å²) in [5, 5.41) is 19.1. The van der Waals surface area contributed by atoms with Crippen molar-refractivity contribution in [3.63, 3.8) is 0 Å². The smallest absolute Gasteiger partial charge is 0.407 e. The van der Waals surface area contributed by atoms with Crippen molar-refractivity contribution in [1.29, 1.82) is 5.26 Å². The van der Waals surface area contributed by atoms with Gasteiger partial charge in [0.2, 0.25) is 0 Å². The monoisotopic (exact) mass is 359 g/mol. The van der Waals surface area contributed by atoms with Gasteiger partial charge in [-0.05, 0) is 56.7 Å². The topological polar surface area (TPSA) is 67.6 Å². The lowest BCUT2D eigenvalue weighted by atomic mass is 9.69. The second kappa shape index (κ2) is 7.63. The third-order valence-electron chi connectivity index (χ3n) is 6.14. The number of rotatable bonds is 4. The molecule has 5 nitrogen and oxygen atoms in total. The lowest BCUT2D eigenvalue weighted by molar-refractivity contribution is 0.118. The average Bonchev–Trinajstić information content (AvgIpc) is 3.11. The Morgan fingerprint density at radius 3 is 2.73 bits per heavy atom. The second-order valence-electron chi connectivity index (χ2n) is 7.44. The van der Waals surface area contributed by atoms with E-state index in [0.29, 0.717) is 12.6 Å². The molecule has 1 atom stereocenters. The van der Waals surface area contributed by atoms with Gasteiger partial charge in [0.25, 0.3) is 0 Å². The maximum atomic E-state index is 13.6. The van der Waals surface area contributed by atoms with Gasteiger partial charge in [-0.3, -0.25) is 4.90 Å². The fourth-order valence-corrected chi connectivity index (χ4v) is 4.62. The van der Waals surface area contributed by atoms with Crippen LogP contribution < -0.4 is 0 Å². The van der Waals surface area contributed by atoms with Crippen LogP contribution in [-0.2, 0) is 5.41 Å². The van der Waals surface area contributed by atoms with Crippen LogP contribution in [0.4, 0.5) is 9.18 Å². The molecule has 1 aliphatic heterocycles. The SMILES string of the molecule is CCN(C(=O)O)[C@H]1CCN(C2CCC(C#N)(c3cccc(F)c3)CC2)C1. The molecule has 0 spiro atoms. The van der Waals surface area contributed by atoms with E-state index in [1.807, 2.05) is 13.0 Å². The molecule has 26 heavy (non-hydrogen) atoms. The molecule has 0 bridgehead atoms. The number of nitrogens with zero attached hydrogens (tertiary/aromatic N) is 3. The Morgan fingerprint density at radius 2 is 2.15 bits per heavy atom. The Kier molecular flexibility index (Phi) is 5.47. The number of hydrogen-bond acceptors (Lipinski definition) is 3. The molecule has 1 amide bonds. The van der Waals surface area contributed by atoms with Crippen LogP contribution in [0.2, 0.25) is 0 Å². The van der Waals surface area contributed by atoms with Crippen LogP contribution in [0.15, 0.2) is 24.3 Å². The molecule has 1 aromatic rings. The summed E-state index contributed by atoms with van der Waals surface area (Å²) in [6.07, 6.45) is 3.22. The molecule has 0 aromatic heterocycles. The maximum absolute atomic E-state index is 13.6. The summed E-state index contributed by atoms with van der Waals surface area (Å²) in [6, 6.07) is 9.31. The van der Waals surface area contributed by atoms with E-state index in [1.54, 1.807) is 6.07 Å². The molecule has 1 saturated carbocycles. The van der Waals surface area contributed by atoms with Gasteiger partial charge in [-0.2, -0.15) is 5.26 Å². The molecular formula is C20H26FN3O2. The van der Waals surface area contributed by atoms with E-state index < -0.39 is 11.5 Å². The molecule has 140 valence electrons. The fourth-order valence-electron chi connectivity index (χ4n) is 4.62. The third-order valence-corrected chi connectivity index (χ3v) is 6.14. The quantitative estimate of drug-likeness (QED) is 0.892. The number of hydrogen-bond donors (Lipinski definition) is 1. The van der Waals surface area contributed by atoms with Crippen molar-refractivity contribution in [3.8, 4) is 6.07 Å². The van der Waals surface area contributed by atoms with Crippen LogP contribution >= 0.6 is 0 Å². The normalized spacial score (nSPS) is 29.3.